The maximum absolute atomic E-state index is 11.7. The zero-order chi connectivity index (χ0) is 10.5. The van der Waals surface area contributed by atoms with Gasteiger partial charge in [-0.2, -0.15) is 0 Å². The Kier molecular flexibility index (Phi) is 3.97. The predicted octanol–water partition coefficient (Wildman–Crippen LogP) is 0.851. The number of rotatable bonds is 3. The first-order chi connectivity index (χ1) is 7.36. The van der Waals surface area contributed by atoms with E-state index in [1.165, 1.54) is 0 Å². The van der Waals surface area contributed by atoms with Crippen LogP contribution in [0.2, 0.25) is 0 Å². The van der Waals surface area contributed by atoms with Gasteiger partial charge >= 0.3 is 0 Å². The first-order valence-electron chi connectivity index (χ1n) is 5.87. The van der Waals surface area contributed by atoms with Gasteiger partial charge in [-0.1, -0.05) is 0 Å². The molecule has 2 atom stereocenters. The lowest BCUT2D eigenvalue weighted by atomic mass is 10.1. The van der Waals surface area contributed by atoms with E-state index in [-0.39, 0.29) is 18.1 Å². The molecule has 4 heteroatoms. The molecule has 1 N–H and O–H groups in total. The molecule has 0 aromatic rings. The highest BCUT2D eigenvalue weighted by molar-refractivity contribution is 5.80. The molecule has 0 aliphatic carbocycles. The third-order valence-corrected chi connectivity index (χ3v) is 3.00. The van der Waals surface area contributed by atoms with Gasteiger partial charge in [0.2, 0.25) is 5.91 Å². The molecule has 2 rings (SSSR count). The van der Waals surface area contributed by atoms with E-state index in [4.69, 9.17) is 9.47 Å². The number of carbonyl (C=O) groups excluding carboxylic acids is 1. The summed E-state index contributed by atoms with van der Waals surface area (Å²) in [6.45, 7) is 2.19. The second kappa shape index (κ2) is 5.47. The second-order valence-corrected chi connectivity index (χ2v) is 4.24. The molecule has 0 saturated carbocycles. The summed E-state index contributed by atoms with van der Waals surface area (Å²) in [7, 11) is 0. The zero-order valence-corrected chi connectivity index (χ0v) is 9.04. The average Bonchev–Trinajstić information content (AvgIpc) is 2.80. The van der Waals surface area contributed by atoms with Crippen LogP contribution in [0.15, 0.2) is 0 Å². The Balaban J connectivity index is 1.66. The molecule has 2 aliphatic rings. The van der Waals surface area contributed by atoms with Crippen molar-refractivity contribution in [2.24, 2.45) is 0 Å². The summed E-state index contributed by atoms with van der Waals surface area (Å²) in [6.07, 6.45) is 5.20. The van der Waals surface area contributed by atoms with Crippen LogP contribution in [0.3, 0.4) is 0 Å². The molecule has 0 aromatic heterocycles. The quantitative estimate of drug-likeness (QED) is 0.756. The molecule has 2 aliphatic heterocycles. The van der Waals surface area contributed by atoms with Crippen molar-refractivity contribution in [3.63, 3.8) is 0 Å². The predicted molar refractivity (Wildman–Crippen MR) is 55.6 cm³/mol. The van der Waals surface area contributed by atoms with Gasteiger partial charge in [-0.15, -0.1) is 0 Å². The van der Waals surface area contributed by atoms with Crippen molar-refractivity contribution in [2.75, 3.05) is 19.8 Å². The van der Waals surface area contributed by atoms with E-state index in [9.17, 15) is 4.79 Å². The molecule has 4 nitrogen and oxygen atoms in total. The average molecular weight is 213 g/mol. The molecular weight excluding hydrogens is 194 g/mol. The minimum Gasteiger partial charge on any atom is -0.376 e. The van der Waals surface area contributed by atoms with Crippen LogP contribution in [0.4, 0.5) is 0 Å². The fourth-order valence-corrected chi connectivity index (χ4v) is 2.08. The van der Waals surface area contributed by atoms with Gasteiger partial charge in [0.1, 0.15) is 6.10 Å². The number of carbonyl (C=O) groups is 1. The number of ether oxygens (including phenoxy) is 2. The standard InChI is InChI=1S/C11H19NO3/c13-11(10-5-1-2-6-15-10)12-8-9-4-3-7-14-9/h9-10H,1-8H2,(H,12,13). The smallest absolute Gasteiger partial charge is 0.249 e. The topological polar surface area (TPSA) is 47.6 Å². The third kappa shape index (κ3) is 3.18. The Hall–Kier alpha value is -0.610. The highest BCUT2D eigenvalue weighted by Gasteiger charge is 2.23. The van der Waals surface area contributed by atoms with Crippen LogP contribution in [0.1, 0.15) is 32.1 Å². The number of hydrogen-bond donors (Lipinski definition) is 1. The van der Waals surface area contributed by atoms with E-state index in [1.54, 1.807) is 0 Å². The second-order valence-electron chi connectivity index (χ2n) is 4.24. The summed E-state index contributed by atoms with van der Waals surface area (Å²) in [5.74, 6) is 0.0326. The van der Waals surface area contributed by atoms with Crippen molar-refractivity contribution < 1.29 is 14.3 Å². The summed E-state index contributed by atoms with van der Waals surface area (Å²) in [5.41, 5.74) is 0. The van der Waals surface area contributed by atoms with Gasteiger partial charge in [0.25, 0.3) is 0 Å². The lowest BCUT2D eigenvalue weighted by Gasteiger charge is -2.22. The molecule has 0 aromatic carbocycles. The maximum atomic E-state index is 11.7. The largest absolute Gasteiger partial charge is 0.376 e. The van der Waals surface area contributed by atoms with Gasteiger partial charge < -0.3 is 14.8 Å². The number of amides is 1. The Morgan fingerprint density at radius 3 is 2.67 bits per heavy atom. The van der Waals surface area contributed by atoms with E-state index in [2.05, 4.69) is 5.32 Å². The van der Waals surface area contributed by atoms with E-state index in [1.807, 2.05) is 0 Å². The van der Waals surface area contributed by atoms with Gasteiger partial charge in [0, 0.05) is 19.8 Å². The van der Waals surface area contributed by atoms with Crippen LogP contribution in [-0.4, -0.2) is 37.9 Å². The lowest BCUT2D eigenvalue weighted by molar-refractivity contribution is -0.135. The van der Waals surface area contributed by atoms with Crippen molar-refractivity contribution in [1.29, 1.82) is 0 Å². The minimum atomic E-state index is -0.222. The fraction of sp³-hybridized carbons (Fsp3) is 0.909. The molecule has 2 unspecified atom stereocenters. The van der Waals surface area contributed by atoms with Gasteiger partial charge in [-0.05, 0) is 32.1 Å². The van der Waals surface area contributed by atoms with Crippen molar-refractivity contribution in [1.82, 2.24) is 5.32 Å². The van der Waals surface area contributed by atoms with E-state index in [0.29, 0.717) is 6.54 Å². The first-order valence-corrected chi connectivity index (χ1v) is 5.87. The summed E-state index contributed by atoms with van der Waals surface area (Å²) < 4.78 is 10.8. The van der Waals surface area contributed by atoms with Crippen LogP contribution in [0.5, 0.6) is 0 Å². The zero-order valence-electron chi connectivity index (χ0n) is 9.04. The minimum absolute atomic E-state index is 0.0326. The lowest BCUT2D eigenvalue weighted by Crippen LogP contribution is -2.41. The molecule has 0 bridgehead atoms. The first kappa shape index (κ1) is 10.9. The van der Waals surface area contributed by atoms with Crippen molar-refractivity contribution in [3.8, 4) is 0 Å². The Morgan fingerprint density at radius 1 is 1.13 bits per heavy atom. The van der Waals surface area contributed by atoms with Gasteiger partial charge in [0.05, 0.1) is 6.10 Å². The van der Waals surface area contributed by atoms with E-state index >= 15 is 0 Å². The fourth-order valence-electron chi connectivity index (χ4n) is 2.08. The number of nitrogens with one attached hydrogen (secondary N) is 1. The molecule has 86 valence electrons. The molecule has 2 fully saturated rings. The van der Waals surface area contributed by atoms with Gasteiger partial charge in [-0.3, -0.25) is 4.79 Å². The van der Waals surface area contributed by atoms with Crippen molar-refractivity contribution in [3.05, 3.63) is 0 Å². The van der Waals surface area contributed by atoms with E-state index < -0.39 is 0 Å². The monoisotopic (exact) mass is 213 g/mol. The summed E-state index contributed by atoms with van der Waals surface area (Å²) >= 11 is 0. The summed E-state index contributed by atoms with van der Waals surface area (Å²) in [4.78, 5) is 11.7. The SMILES string of the molecule is O=C(NCC1CCCO1)C1CCCCO1. The number of hydrogen-bond acceptors (Lipinski definition) is 3. The van der Waals surface area contributed by atoms with Crippen molar-refractivity contribution >= 4 is 5.91 Å². The van der Waals surface area contributed by atoms with Gasteiger partial charge in [-0.25, -0.2) is 0 Å². The van der Waals surface area contributed by atoms with Crippen molar-refractivity contribution in [2.45, 2.75) is 44.3 Å². The van der Waals surface area contributed by atoms with Gasteiger partial charge in [0.15, 0.2) is 0 Å². The highest BCUT2D eigenvalue weighted by Crippen LogP contribution is 2.14. The van der Waals surface area contributed by atoms with Crippen LogP contribution in [-0.2, 0) is 14.3 Å². The Labute approximate surface area is 90.3 Å². The molecule has 2 saturated heterocycles. The normalized spacial score (nSPS) is 31.5. The van der Waals surface area contributed by atoms with Crippen LogP contribution < -0.4 is 5.32 Å². The van der Waals surface area contributed by atoms with Crippen LogP contribution in [0, 0.1) is 0 Å². The molecule has 2 heterocycles. The van der Waals surface area contributed by atoms with E-state index in [0.717, 1.165) is 45.3 Å². The molecule has 0 radical (unpaired) electrons. The van der Waals surface area contributed by atoms with Crippen LogP contribution >= 0.6 is 0 Å². The third-order valence-electron chi connectivity index (χ3n) is 3.00. The van der Waals surface area contributed by atoms with Crippen LogP contribution in [0.25, 0.3) is 0 Å². The maximum Gasteiger partial charge on any atom is 0.249 e. The highest BCUT2D eigenvalue weighted by atomic mass is 16.5. The Bertz CT molecular complexity index is 208. The Morgan fingerprint density at radius 2 is 2.00 bits per heavy atom. The summed E-state index contributed by atoms with van der Waals surface area (Å²) in [6, 6.07) is 0. The molecule has 0 spiro atoms. The molecule has 1 amide bonds. The molecule has 15 heavy (non-hydrogen) atoms. The summed E-state index contributed by atoms with van der Waals surface area (Å²) in [5, 5.41) is 2.91. The molecular formula is C11H19NO3.